The van der Waals surface area contributed by atoms with Gasteiger partial charge in [-0.25, -0.2) is 0 Å². The Bertz CT molecular complexity index is 493. The average Bonchev–Trinajstić information content (AvgIpc) is 2.64. The molecule has 0 spiro atoms. The molecule has 2 fully saturated rings. The predicted octanol–water partition coefficient (Wildman–Crippen LogP) is 1.80. The molecular weight excluding hydrogens is 252 g/mol. The number of hydrogen-bond acceptors (Lipinski definition) is 2. The van der Waals surface area contributed by atoms with E-state index in [1.54, 1.807) is 34.3 Å². The number of rotatable bonds is 1. The number of hydrazine groups is 1. The molecule has 94 valence electrons. The van der Waals surface area contributed by atoms with Crippen molar-refractivity contribution in [3.8, 4) is 0 Å². The number of fused-ring (bicyclic) bond motifs is 1. The van der Waals surface area contributed by atoms with Gasteiger partial charge in [-0.1, -0.05) is 29.8 Å². The molecule has 4 nitrogen and oxygen atoms in total. The molecule has 0 aromatic heterocycles. The van der Waals surface area contributed by atoms with E-state index < -0.39 is 5.92 Å². The van der Waals surface area contributed by atoms with Crippen LogP contribution in [0.3, 0.4) is 0 Å². The van der Waals surface area contributed by atoms with E-state index in [4.69, 9.17) is 11.6 Å². The second-order valence-electron chi connectivity index (χ2n) is 4.58. The van der Waals surface area contributed by atoms with E-state index in [0.717, 1.165) is 12.8 Å². The Labute approximate surface area is 110 Å². The van der Waals surface area contributed by atoms with Crippen molar-refractivity contribution in [2.75, 3.05) is 13.1 Å². The summed E-state index contributed by atoms with van der Waals surface area (Å²) >= 11 is 6.09. The standard InChI is InChI=1S/C13H13ClN2O2/c14-10-6-2-1-5-9(10)11-12(17)15-7-3-4-8-16(15)13(11)18/h1-2,5-6,11H,3-4,7-8H2. The maximum absolute atomic E-state index is 12.3. The second-order valence-corrected chi connectivity index (χ2v) is 4.99. The van der Waals surface area contributed by atoms with Gasteiger partial charge in [0.15, 0.2) is 0 Å². The summed E-state index contributed by atoms with van der Waals surface area (Å²) in [6.07, 6.45) is 1.90. The van der Waals surface area contributed by atoms with Gasteiger partial charge in [0.05, 0.1) is 0 Å². The van der Waals surface area contributed by atoms with Crippen LogP contribution in [-0.4, -0.2) is 34.9 Å². The molecule has 2 aliphatic heterocycles. The molecule has 1 aromatic rings. The summed E-state index contributed by atoms with van der Waals surface area (Å²) in [5.41, 5.74) is 0.614. The second kappa shape index (κ2) is 4.28. The molecule has 0 bridgehead atoms. The molecule has 2 saturated heterocycles. The lowest BCUT2D eigenvalue weighted by Gasteiger charge is -2.31. The van der Waals surface area contributed by atoms with Crippen LogP contribution >= 0.6 is 11.6 Å². The minimum absolute atomic E-state index is 0.146. The zero-order valence-corrected chi connectivity index (χ0v) is 10.6. The molecule has 5 heteroatoms. The fourth-order valence-corrected chi connectivity index (χ4v) is 2.85. The fraction of sp³-hybridized carbons (Fsp3) is 0.385. The van der Waals surface area contributed by atoms with Crippen LogP contribution in [0.5, 0.6) is 0 Å². The monoisotopic (exact) mass is 264 g/mol. The van der Waals surface area contributed by atoms with Crippen molar-refractivity contribution >= 4 is 23.4 Å². The molecule has 0 radical (unpaired) electrons. The van der Waals surface area contributed by atoms with E-state index in [1.165, 1.54) is 0 Å². The van der Waals surface area contributed by atoms with Gasteiger partial charge in [-0.3, -0.25) is 19.6 Å². The molecule has 2 aliphatic rings. The number of amides is 2. The Hall–Kier alpha value is -1.55. The molecule has 3 rings (SSSR count). The van der Waals surface area contributed by atoms with E-state index in [-0.39, 0.29) is 11.8 Å². The first-order chi connectivity index (χ1) is 8.70. The van der Waals surface area contributed by atoms with Crippen LogP contribution in [0.4, 0.5) is 0 Å². The van der Waals surface area contributed by atoms with E-state index in [1.807, 2.05) is 0 Å². The van der Waals surface area contributed by atoms with Crippen LogP contribution < -0.4 is 0 Å². The Morgan fingerprint density at radius 1 is 1.00 bits per heavy atom. The van der Waals surface area contributed by atoms with Crippen molar-refractivity contribution in [3.05, 3.63) is 34.9 Å². The van der Waals surface area contributed by atoms with Crippen molar-refractivity contribution in [2.24, 2.45) is 0 Å². The van der Waals surface area contributed by atoms with Crippen LogP contribution in [0.25, 0.3) is 0 Å². The topological polar surface area (TPSA) is 40.6 Å². The Kier molecular flexibility index (Phi) is 2.74. The van der Waals surface area contributed by atoms with Crippen LogP contribution in [0, 0.1) is 0 Å². The molecule has 0 unspecified atom stereocenters. The van der Waals surface area contributed by atoms with Crippen molar-refractivity contribution in [2.45, 2.75) is 18.8 Å². The summed E-state index contributed by atoms with van der Waals surface area (Å²) in [6, 6.07) is 7.06. The molecule has 0 saturated carbocycles. The minimum Gasteiger partial charge on any atom is -0.272 e. The van der Waals surface area contributed by atoms with Gasteiger partial charge in [0.25, 0.3) is 11.8 Å². The van der Waals surface area contributed by atoms with Gasteiger partial charge in [0.1, 0.15) is 5.92 Å². The normalized spacial score (nSPS) is 20.5. The van der Waals surface area contributed by atoms with Crippen LogP contribution in [0.2, 0.25) is 5.02 Å². The highest BCUT2D eigenvalue weighted by molar-refractivity contribution is 6.32. The molecule has 2 amide bonds. The molecule has 0 N–H and O–H groups in total. The number of nitrogens with zero attached hydrogens (tertiary/aromatic N) is 2. The quantitative estimate of drug-likeness (QED) is 0.726. The first-order valence-electron chi connectivity index (χ1n) is 6.07. The number of hydrogen-bond donors (Lipinski definition) is 0. The fourth-order valence-electron chi connectivity index (χ4n) is 2.60. The zero-order valence-electron chi connectivity index (χ0n) is 9.80. The SMILES string of the molecule is O=C1C(c2ccccc2Cl)C(=O)N2CCCCN12. The van der Waals surface area contributed by atoms with Gasteiger partial charge >= 0.3 is 0 Å². The predicted molar refractivity (Wildman–Crippen MR) is 66.9 cm³/mol. The van der Waals surface area contributed by atoms with Crippen LogP contribution in [-0.2, 0) is 9.59 Å². The first kappa shape index (κ1) is 11.5. The number of benzene rings is 1. The molecule has 18 heavy (non-hydrogen) atoms. The highest BCUT2D eigenvalue weighted by Gasteiger charge is 2.47. The summed E-state index contributed by atoms with van der Waals surface area (Å²) < 4.78 is 0. The number of carbonyl (C=O) groups excluding carboxylic acids is 2. The van der Waals surface area contributed by atoms with Gasteiger partial charge in [-0.05, 0) is 24.5 Å². The minimum atomic E-state index is -0.753. The van der Waals surface area contributed by atoms with Crippen molar-refractivity contribution in [3.63, 3.8) is 0 Å². The van der Waals surface area contributed by atoms with Crippen molar-refractivity contribution in [1.29, 1.82) is 0 Å². The lowest BCUT2D eigenvalue weighted by Crippen LogP contribution is -2.45. The molecular formula is C13H13ClN2O2. The van der Waals surface area contributed by atoms with Crippen LogP contribution in [0.15, 0.2) is 24.3 Å². The third kappa shape index (κ3) is 1.60. The Morgan fingerprint density at radius 3 is 2.11 bits per heavy atom. The summed E-state index contributed by atoms with van der Waals surface area (Å²) in [5, 5.41) is 3.62. The third-order valence-electron chi connectivity index (χ3n) is 3.50. The highest BCUT2D eigenvalue weighted by Crippen LogP contribution is 2.34. The molecule has 0 aliphatic carbocycles. The maximum atomic E-state index is 12.3. The molecule has 1 aromatic carbocycles. The van der Waals surface area contributed by atoms with Gasteiger partial charge < -0.3 is 0 Å². The van der Waals surface area contributed by atoms with E-state index in [2.05, 4.69) is 0 Å². The van der Waals surface area contributed by atoms with Crippen molar-refractivity contribution < 1.29 is 9.59 Å². The Balaban J connectivity index is 2.00. The average molecular weight is 265 g/mol. The maximum Gasteiger partial charge on any atom is 0.258 e. The zero-order chi connectivity index (χ0) is 12.7. The Morgan fingerprint density at radius 2 is 1.56 bits per heavy atom. The number of carbonyl (C=O) groups is 2. The van der Waals surface area contributed by atoms with E-state index in [0.29, 0.717) is 23.7 Å². The van der Waals surface area contributed by atoms with Gasteiger partial charge in [0.2, 0.25) is 0 Å². The first-order valence-corrected chi connectivity index (χ1v) is 6.45. The largest absolute Gasteiger partial charge is 0.272 e. The smallest absolute Gasteiger partial charge is 0.258 e. The lowest BCUT2D eigenvalue weighted by atomic mass is 9.98. The summed E-state index contributed by atoms with van der Waals surface area (Å²) in [4.78, 5) is 24.6. The van der Waals surface area contributed by atoms with E-state index >= 15 is 0 Å². The third-order valence-corrected chi connectivity index (χ3v) is 3.84. The van der Waals surface area contributed by atoms with Crippen molar-refractivity contribution in [1.82, 2.24) is 10.0 Å². The molecule has 0 atom stereocenters. The summed E-state index contributed by atoms with van der Waals surface area (Å²) in [6.45, 7) is 1.26. The highest BCUT2D eigenvalue weighted by atomic mass is 35.5. The summed E-state index contributed by atoms with van der Waals surface area (Å²) in [5.74, 6) is -1.04. The number of halogens is 1. The van der Waals surface area contributed by atoms with Gasteiger partial charge in [-0.2, -0.15) is 0 Å². The van der Waals surface area contributed by atoms with Gasteiger partial charge in [0, 0.05) is 18.1 Å². The van der Waals surface area contributed by atoms with Crippen LogP contribution in [0.1, 0.15) is 24.3 Å². The van der Waals surface area contributed by atoms with Gasteiger partial charge in [-0.15, -0.1) is 0 Å². The molecule has 2 heterocycles. The lowest BCUT2D eigenvalue weighted by molar-refractivity contribution is -0.150. The van der Waals surface area contributed by atoms with E-state index in [9.17, 15) is 9.59 Å². The summed E-state index contributed by atoms with van der Waals surface area (Å²) in [7, 11) is 0.